The van der Waals surface area contributed by atoms with E-state index in [2.05, 4.69) is 36.9 Å². The zero-order valence-electron chi connectivity index (χ0n) is 10.6. The highest BCUT2D eigenvalue weighted by Gasteiger charge is 2.03. The molecule has 1 aromatic carbocycles. The average Bonchev–Trinajstić information content (AvgIpc) is 2.39. The van der Waals surface area contributed by atoms with Gasteiger partial charge in [-0.2, -0.15) is 0 Å². The summed E-state index contributed by atoms with van der Waals surface area (Å²) in [6, 6.07) is 3.82. The van der Waals surface area contributed by atoms with Crippen LogP contribution in [0.2, 0.25) is 0 Å². The number of hydrogen-bond donors (Lipinski definition) is 1. The number of nitrogens with two attached hydrogens (primary N) is 1. The van der Waals surface area contributed by atoms with Gasteiger partial charge in [0.05, 0.1) is 11.4 Å². The topological polar surface area (TPSA) is 38.4 Å². The van der Waals surface area contributed by atoms with E-state index in [0.717, 1.165) is 20.2 Å². The Bertz CT molecular complexity index is 671. The first-order valence-electron chi connectivity index (χ1n) is 5.87. The van der Waals surface area contributed by atoms with Gasteiger partial charge in [0.1, 0.15) is 7.85 Å². The van der Waals surface area contributed by atoms with E-state index < -0.39 is 0 Å². The lowest BCUT2D eigenvalue weighted by Crippen LogP contribution is -1.95. The van der Waals surface area contributed by atoms with E-state index in [-0.39, 0.29) is 0 Å². The van der Waals surface area contributed by atoms with Crippen molar-refractivity contribution < 1.29 is 0 Å². The number of halogens is 2. The molecule has 2 nitrogen and oxygen atoms in total. The second-order valence-electron chi connectivity index (χ2n) is 4.13. The summed E-state index contributed by atoms with van der Waals surface area (Å²) in [6.07, 6.45) is 12.9. The first-order chi connectivity index (χ1) is 9.56. The molecule has 0 bridgehead atoms. The second-order valence-corrected chi connectivity index (χ2v) is 5.90. The molecule has 2 radical (unpaired) electrons. The van der Waals surface area contributed by atoms with Crippen molar-refractivity contribution in [3.63, 3.8) is 0 Å². The van der Waals surface area contributed by atoms with Gasteiger partial charge in [-0.3, -0.25) is 4.99 Å². The quantitative estimate of drug-likeness (QED) is 0.457. The molecule has 0 spiro atoms. The Labute approximate surface area is 136 Å². The molecule has 0 aliphatic heterocycles. The minimum absolute atomic E-state index is 0.655. The zero-order valence-corrected chi connectivity index (χ0v) is 13.7. The lowest BCUT2D eigenvalue weighted by molar-refractivity contribution is 1.41. The fourth-order valence-electron chi connectivity index (χ4n) is 1.56. The standard InChI is InChI=1S/C15H11BBr2N2/c16-11-3-1-2-4-13(6-5-11)20-9-10-7-12(17)8-14(18)15(10)19/h1-9H,19H2/b2-1?,3-1?,4-2-,6-5?,11-3?,11-5?,13-4?,13-6+,20-9?. The molecule has 0 atom stereocenters. The smallest absolute Gasteiger partial charge is 0.113 e. The molecular weight excluding hydrogens is 379 g/mol. The first kappa shape index (κ1) is 15.1. The molecule has 20 heavy (non-hydrogen) atoms. The molecule has 0 saturated heterocycles. The van der Waals surface area contributed by atoms with Crippen LogP contribution in [-0.4, -0.2) is 14.1 Å². The van der Waals surface area contributed by atoms with E-state index in [4.69, 9.17) is 13.6 Å². The number of anilines is 1. The Morgan fingerprint density at radius 1 is 1.10 bits per heavy atom. The molecule has 0 saturated carbocycles. The normalized spacial score (nSPS) is 19.1. The maximum atomic E-state index is 6.01. The summed E-state index contributed by atoms with van der Waals surface area (Å²) in [5, 5.41) is 0. The molecule has 1 aliphatic carbocycles. The Morgan fingerprint density at radius 2 is 1.85 bits per heavy atom. The lowest BCUT2D eigenvalue weighted by atomic mass is 9.94. The monoisotopic (exact) mass is 388 g/mol. The fourth-order valence-corrected chi connectivity index (χ4v) is 2.81. The highest BCUT2D eigenvalue weighted by Crippen LogP contribution is 2.27. The summed E-state index contributed by atoms with van der Waals surface area (Å²) in [5.41, 5.74) is 8.99. The molecule has 5 heteroatoms. The van der Waals surface area contributed by atoms with Crippen molar-refractivity contribution in [2.75, 3.05) is 5.73 Å². The summed E-state index contributed by atoms with van der Waals surface area (Å²) < 4.78 is 1.77. The van der Waals surface area contributed by atoms with Crippen LogP contribution in [0.25, 0.3) is 0 Å². The Morgan fingerprint density at radius 3 is 2.65 bits per heavy atom. The van der Waals surface area contributed by atoms with Crippen LogP contribution in [0.3, 0.4) is 0 Å². The van der Waals surface area contributed by atoms with Crippen molar-refractivity contribution in [2.24, 2.45) is 4.99 Å². The van der Waals surface area contributed by atoms with E-state index in [1.54, 1.807) is 6.21 Å². The summed E-state index contributed by atoms with van der Waals surface area (Å²) in [5.74, 6) is 0. The highest BCUT2D eigenvalue weighted by molar-refractivity contribution is 9.11. The van der Waals surface area contributed by atoms with Crippen molar-refractivity contribution in [3.05, 3.63) is 74.3 Å². The number of nitrogens with zero attached hydrogens (tertiary/aromatic N) is 1. The van der Waals surface area contributed by atoms with Crippen molar-refractivity contribution in [1.29, 1.82) is 0 Å². The third-order valence-corrected chi connectivity index (χ3v) is 3.71. The first-order valence-corrected chi connectivity index (χ1v) is 7.45. The van der Waals surface area contributed by atoms with Gasteiger partial charge in [-0.15, -0.1) is 0 Å². The SMILES string of the molecule is [B]C1=C/C=C(N=Cc2cc(Br)cc(Br)c2N)\C=C/C=C1. The van der Waals surface area contributed by atoms with Crippen molar-refractivity contribution in [1.82, 2.24) is 0 Å². The molecule has 2 rings (SSSR count). The zero-order chi connectivity index (χ0) is 14.5. The largest absolute Gasteiger partial charge is 0.397 e. The van der Waals surface area contributed by atoms with Gasteiger partial charge in [0.15, 0.2) is 0 Å². The second kappa shape index (κ2) is 6.91. The molecule has 1 aromatic rings. The van der Waals surface area contributed by atoms with Gasteiger partial charge in [-0.25, -0.2) is 0 Å². The van der Waals surface area contributed by atoms with Crippen LogP contribution >= 0.6 is 31.9 Å². The molecule has 0 unspecified atom stereocenters. The molecule has 0 amide bonds. The van der Waals surface area contributed by atoms with Gasteiger partial charge in [0.2, 0.25) is 0 Å². The third kappa shape index (κ3) is 4.08. The Kier molecular flexibility index (Phi) is 5.20. The van der Waals surface area contributed by atoms with Crippen molar-refractivity contribution in [2.45, 2.75) is 0 Å². The van der Waals surface area contributed by atoms with Gasteiger partial charge in [-0.05, 0) is 40.2 Å². The van der Waals surface area contributed by atoms with E-state index in [9.17, 15) is 0 Å². The maximum Gasteiger partial charge on any atom is 0.113 e. The highest BCUT2D eigenvalue weighted by atomic mass is 79.9. The van der Waals surface area contributed by atoms with Crippen LogP contribution in [0.4, 0.5) is 5.69 Å². The van der Waals surface area contributed by atoms with Gasteiger partial charge >= 0.3 is 0 Å². The number of allylic oxidation sites excluding steroid dienone is 7. The number of aliphatic imine (C=N–C) groups is 1. The predicted molar refractivity (Wildman–Crippen MR) is 94.0 cm³/mol. The molecule has 2 N–H and O–H groups in total. The summed E-state index contributed by atoms with van der Waals surface area (Å²) in [6.45, 7) is 0. The number of hydrogen-bond acceptors (Lipinski definition) is 2. The van der Waals surface area contributed by atoms with Crippen LogP contribution in [0.5, 0.6) is 0 Å². The fraction of sp³-hybridized carbons (Fsp3) is 0. The maximum absolute atomic E-state index is 6.01. The molecule has 98 valence electrons. The van der Waals surface area contributed by atoms with Gasteiger partial charge in [-0.1, -0.05) is 45.7 Å². The Balaban J connectivity index is 2.30. The van der Waals surface area contributed by atoms with E-state index in [1.807, 2.05) is 48.6 Å². The minimum atomic E-state index is 0.655. The summed E-state index contributed by atoms with van der Waals surface area (Å²) in [7, 11) is 5.75. The lowest BCUT2D eigenvalue weighted by Gasteiger charge is -2.04. The van der Waals surface area contributed by atoms with Gasteiger partial charge in [0, 0.05) is 20.7 Å². The summed E-state index contributed by atoms with van der Waals surface area (Å²) >= 11 is 6.85. The molecule has 0 heterocycles. The molecule has 0 fully saturated rings. The van der Waals surface area contributed by atoms with Crippen LogP contribution in [0, 0.1) is 0 Å². The predicted octanol–water partition coefficient (Wildman–Crippen LogP) is 4.28. The van der Waals surface area contributed by atoms with E-state index in [0.29, 0.717) is 11.2 Å². The molecular formula is C15H11BBr2N2. The minimum Gasteiger partial charge on any atom is -0.397 e. The van der Waals surface area contributed by atoms with Crippen LogP contribution in [-0.2, 0) is 0 Å². The number of nitrogen functional groups attached to an aromatic ring is 1. The molecule has 1 aliphatic rings. The van der Waals surface area contributed by atoms with Gasteiger partial charge in [0.25, 0.3) is 0 Å². The number of rotatable bonds is 2. The van der Waals surface area contributed by atoms with Crippen LogP contribution in [0.15, 0.2) is 73.7 Å². The van der Waals surface area contributed by atoms with Crippen LogP contribution in [0.1, 0.15) is 5.56 Å². The van der Waals surface area contributed by atoms with Crippen LogP contribution < -0.4 is 5.73 Å². The van der Waals surface area contributed by atoms with E-state index >= 15 is 0 Å². The van der Waals surface area contributed by atoms with Crippen molar-refractivity contribution >= 4 is 51.6 Å². The van der Waals surface area contributed by atoms with E-state index in [1.165, 1.54) is 0 Å². The Hall–Kier alpha value is -1.33. The molecule has 0 aromatic heterocycles. The average molecular weight is 390 g/mol. The summed E-state index contributed by atoms with van der Waals surface area (Å²) in [4.78, 5) is 4.43. The van der Waals surface area contributed by atoms with Crippen molar-refractivity contribution in [3.8, 4) is 0 Å². The number of benzene rings is 1. The third-order valence-electron chi connectivity index (χ3n) is 2.59. The van der Waals surface area contributed by atoms with Gasteiger partial charge < -0.3 is 5.73 Å².